The van der Waals surface area contributed by atoms with Gasteiger partial charge >= 0.3 is 0 Å². The Labute approximate surface area is 186 Å². The lowest BCUT2D eigenvalue weighted by Gasteiger charge is -2.18. The summed E-state index contributed by atoms with van der Waals surface area (Å²) in [5, 5.41) is 11.1. The summed E-state index contributed by atoms with van der Waals surface area (Å²) in [6.07, 6.45) is 5.08. The van der Waals surface area contributed by atoms with Crippen molar-refractivity contribution in [3.63, 3.8) is 0 Å². The molecule has 1 unspecified atom stereocenters. The highest BCUT2D eigenvalue weighted by atomic mass is 35.5. The molecule has 0 bridgehead atoms. The quantitative estimate of drug-likeness (QED) is 0.309. The van der Waals surface area contributed by atoms with Crippen molar-refractivity contribution in [1.82, 2.24) is 9.97 Å². The molecule has 0 aliphatic carbocycles. The number of hydrogen-bond donors (Lipinski definition) is 1. The largest absolute Gasteiger partial charge is 0.433 e. The van der Waals surface area contributed by atoms with E-state index in [1.807, 2.05) is 13.0 Å². The zero-order chi connectivity index (χ0) is 21.7. The van der Waals surface area contributed by atoms with Gasteiger partial charge in [-0.25, -0.2) is 9.98 Å². The van der Waals surface area contributed by atoms with Gasteiger partial charge in [-0.15, -0.1) is 11.6 Å². The molecular formula is C21H27ClN4O3S. The average molecular weight is 451 g/mol. The molecule has 3 rings (SSSR count). The van der Waals surface area contributed by atoms with E-state index < -0.39 is 5.60 Å². The molecule has 2 aromatic rings. The van der Waals surface area contributed by atoms with E-state index in [9.17, 15) is 5.11 Å². The molecular weight excluding hydrogens is 424 g/mol. The zero-order valence-electron chi connectivity index (χ0n) is 17.6. The third-order valence-electron chi connectivity index (χ3n) is 4.61. The summed E-state index contributed by atoms with van der Waals surface area (Å²) in [6.45, 7) is 6.64. The van der Waals surface area contributed by atoms with Crippen LogP contribution in [-0.2, 0) is 10.3 Å². The third kappa shape index (κ3) is 5.91. The molecule has 1 aliphatic rings. The minimum atomic E-state index is -1.01. The molecule has 1 aliphatic heterocycles. The number of aliphatic hydroxyl groups is 1. The molecule has 162 valence electrons. The number of hydrogen-bond acceptors (Lipinski definition) is 7. The van der Waals surface area contributed by atoms with Gasteiger partial charge < -0.3 is 14.3 Å². The van der Waals surface area contributed by atoms with E-state index in [0.29, 0.717) is 40.8 Å². The summed E-state index contributed by atoms with van der Waals surface area (Å²) in [5.74, 6) is 0.899. The first-order chi connectivity index (χ1) is 14.3. The first-order valence-corrected chi connectivity index (χ1v) is 11.1. The second kappa shape index (κ2) is 10.0. The van der Waals surface area contributed by atoms with E-state index in [4.69, 9.17) is 25.7 Å². The predicted molar refractivity (Wildman–Crippen MR) is 121 cm³/mol. The summed E-state index contributed by atoms with van der Waals surface area (Å²) < 4.78 is 11.6. The highest BCUT2D eigenvalue weighted by Crippen LogP contribution is 2.37. The zero-order valence-corrected chi connectivity index (χ0v) is 19.2. The lowest BCUT2D eigenvalue weighted by atomic mass is 10.0. The number of pyridine rings is 1. The molecule has 0 saturated carbocycles. The number of oxazole rings is 1. The van der Waals surface area contributed by atoms with Crippen LogP contribution in [0, 0.1) is 0 Å². The number of thioether (sulfide) groups is 1. The maximum absolute atomic E-state index is 10.2. The van der Waals surface area contributed by atoms with Gasteiger partial charge in [0.25, 0.3) is 0 Å². The third-order valence-corrected chi connectivity index (χ3v) is 5.66. The molecule has 0 amide bonds. The monoisotopic (exact) mass is 450 g/mol. The number of alkyl halides is 1. The van der Waals surface area contributed by atoms with Gasteiger partial charge in [0.05, 0.1) is 11.1 Å². The molecule has 1 saturated heterocycles. The number of aromatic nitrogens is 2. The molecule has 0 radical (unpaired) electrons. The first-order valence-electron chi connectivity index (χ1n) is 9.88. The van der Waals surface area contributed by atoms with Crippen molar-refractivity contribution in [3.05, 3.63) is 29.9 Å². The average Bonchev–Trinajstić information content (AvgIpc) is 3.15. The van der Waals surface area contributed by atoms with Crippen molar-refractivity contribution in [3.8, 4) is 11.3 Å². The van der Waals surface area contributed by atoms with Crippen molar-refractivity contribution < 1.29 is 14.3 Å². The minimum absolute atomic E-state index is 0.201. The fourth-order valence-electron chi connectivity index (χ4n) is 2.97. The van der Waals surface area contributed by atoms with Crippen molar-refractivity contribution in [2.24, 2.45) is 9.98 Å². The Bertz CT molecular complexity index is 898. The first kappa shape index (κ1) is 22.9. The fourth-order valence-corrected chi connectivity index (χ4v) is 3.78. The Morgan fingerprint density at radius 1 is 1.37 bits per heavy atom. The molecule has 1 fully saturated rings. The highest BCUT2D eigenvalue weighted by molar-refractivity contribution is 8.13. The lowest BCUT2D eigenvalue weighted by Crippen LogP contribution is -2.17. The van der Waals surface area contributed by atoms with Crippen LogP contribution in [0.15, 0.2) is 37.8 Å². The molecule has 0 spiro atoms. The maximum Gasteiger partial charge on any atom is 0.199 e. The molecule has 7 nitrogen and oxygen atoms in total. The van der Waals surface area contributed by atoms with Gasteiger partial charge in [0.2, 0.25) is 0 Å². The van der Waals surface area contributed by atoms with Gasteiger partial charge in [0, 0.05) is 44.2 Å². The van der Waals surface area contributed by atoms with Crippen LogP contribution in [0.25, 0.3) is 11.3 Å². The molecule has 30 heavy (non-hydrogen) atoms. The van der Waals surface area contributed by atoms with Gasteiger partial charge in [0.15, 0.2) is 16.2 Å². The van der Waals surface area contributed by atoms with Crippen molar-refractivity contribution in [1.29, 1.82) is 0 Å². The molecule has 3 heterocycles. The van der Waals surface area contributed by atoms with Crippen LogP contribution in [0.4, 0.5) is 0 Å². The number of halogens is 1. The van der Waals surface area contributed by atoms with E-state index in [1.165, 1.54) is 11.8 Å². The Kier molecular flexibility index (Phi) is 7.68. The molecule has 2 aromatic heterocycles. The lowest BCUT2D eigenvalue weighted by molar-refractivity contribution is 0.0739. The van der Waals surface area contributed by atoms with Crippen LogP contribution in [0.1, 0.15) is 51.1 Å². The van der Waals surface area contributed by atoms with Crippen LogP contribution in [0.3, 0.4) is 0 Å². The highest BCUT2D eigenvalue weighted by Gasteiger charge is 2.26. The normalized spacial score (nSPS) is 17.6. The van der Waals surface area contributed by atoms with Crippen LogP contribution < -0.4 is 0 Å². The summed E-state index contributed by atoms with van der Waals surface area (Å²) >= 11 is 7.28. The second-order valence-electron chi connectivity index (χ2n) is 7.63. The standard InChI is InChI=1S/C21H27ClN4O3S/c1-13(22)11-25-20(23-4)30-19-17(15-5-6-16(24-12-15)21(2,3)27)26-18(29-19)14-7-9-28-10-8-14/h5-6,11-14,27H,7-10H2,1-4H3. The predicted octanol–water partition coefficient (Wildman–Crippen LogP) is 4.63. The van der Waals surface area contributed by atoms with Crippen molar-refractivity contribution in [2.75, 3.05) is 20.3 Å². The number of amidine groups is 1. The van der Waals surface area contributed by atoms with E-state index >= 15 is 0 Å². The SMILES string of the molecule is CN=C(N=CC(C)Cl)Sc1oc(C2CCOCC2)nc1-c1ccc(C(C)(C)O)nc1. The van der Waals surface area contributed by atoms with Gasteiger partial charge in [-0.05, 0) is 57.5 Å². The van der Waals surface area contributed by atoms with Gasteiger partial charge in [-0.2, -0.15) is 0 Å². The van der Waals surface area contributed by atoms with Crippen molar-refractivity contribution in [2.45, 2.75) is 55.6 Å². The number of nitrogens with zero attached hydrogens (tertiary/aromatic N) is 4. The van der Waals surface area contributed by atoms with E-state index in [-0.39, 0.29) is 11.3 Å². The number of rotatable bonds is 5. The van der Waals surface area contributed by atoms with Crippen LogP contribution >= 0.6 is 23.4 Å². The van der Waals surface area contributed by atoms with Gasteiger partial charge in [-0.1, -0.05) is 0 Å². The van der Waals surface area contributed by atoms with Crippen LogP contribution in [0.5, 0.6) is 0 Å². The van der Waals surface area contributed by atoms with Gasteiger partial charge in [0.1, 0.15) is 11.3 Å². The number of ether oxygens (including phenoxy) is 1. The Morgan fingerprint density at radius 2 is 2.10 bits per heavy atom. The topological polar surface area (TPSA) is 93.1 Å². The Hall–Kier alpha value is -1.74. The Morgan fingerprint density at radius 3 is 2.67 bits per heavy atom. The second-order valence-corrected chi connectivity index (χ2v) is 9.26. The van der Waals surface area contributed by atoms with E-state index in [1.54, 1.807) is 39.4 Å². The summed E-state index contributed by atoms with van der Waals surface area (Å²) in [7, 11) is 1.67. The molecule has 0 aromatic carbocycles. The van der Waals surface area contributed by atoms with E-state index in [0.717, 1.165) is 18.4 Å². The van der Waals surface area contributed by atoms with Gasteiger partial charge in [-0.3, -0.25) is 9.98 Å². The summed E-state index contributed by atoms with van der Waals surface area (Å²) in [4.78, 5) is 17.8. The van der Waals surface area contributed by atoms with Crippen LogP contribution in [0.2, 0.25) is 0 Å². The summed E-state index contributed by atoms with van der Waals surface area (Å²) in [6, 6.07) is 3.69. The minimum Gasteiger partial charge on any atom is -0.433 e. The fraction of sp³-hybridized carbons (Fsp3) is 0.524. The van der Waals surface area contributed by atoms with E-state index in [2.05, 4.69) is 15.0 Å². The molecule has 1 N–H and O–H groups in total. The molecule has 9 heteroatoms. The van der Waals surface area contributed by atoms with Crippen LogP contribution in [-0.4, -0.2) is 52.1 Å². The smallest absolute Gasteiger partial charge is 0.199 e. The maximum atomic E-state index is 10.2. The summed E-state index contributed by atoms with van der Waals surface area (Å²) in [5.41, 5.74) is 1.07. The molecule has 1 atom stereocenters. The van der Waals surface area contributed by atoms with Crippen molar-refractivity contribution >= 4 is 34.7 Å². The number of aliphatic imine (C=N–C) groups is 2. The Balaban J connectivity index is 1.96.